The SMILES string of the molecule is CC(=O)OC(C)=O.COC(=O)C(C)P(C)(C)=O.COC(=O)C(CC(C)=O)P(C)(C)=O.[CH3-].[Pd].[W].[W]. The summed E-state index contributed by atoms with van der Waals surface area (Å²) in [5.74, 6) is -2.24. The minimum atomic E-state index is -2.60. The largest absolute Gasteiger partial charge is 0.468 e. The van der Waals surface area contributed by atoms with Crippen LogP contribution in [-0.4, -0.2) is 81.9 Å². The number of methoxy groups -OCH3 is 2. The number of carbonyl (C=O) groups is 5. The Kier molecular flexibility index (Phi) is 37.4. The minimum Gasteiger partial charge on any atom is -0.468 e. The van der Waals surface area contributed by atoms with Crippen molar-refractivity contribution in [3.05, 3.63) is 7.43 Å². The molecule has 0 heterocycles. The molecule has 0 saturated carbocycles. The number of esters is 4. The van der Waals surface area contributed by atoms with Crippen LogP contribution in [0.15, 0.2) is 0 Å². The van der Waals surface area contributed by atoms with Crippen molar-refractivity contribution < 1.29 is 110 Å². The first-order valence-electron chi connectivity index (χ1n) is 8.74. The van der Waals surface area contributed by atoms with Gasteiger partial charge in [0.05, 0.1) is 28.5 Å². The molecular formula is C19H37O10P2PdW2-. The van der Waals surface area contributed by atoms with E-state index in [1.165, 1.54) is 48.3 Å². The molecule has 0 aromatic rings. The molecule has 0 aliphatic heterocycles. The molecule has 0 bridgehead atoms. The molecule has 0 radical (unpaired) electrons. The fourth-order valence-corrected chi connectivity index (χ4v) is 3.52. The molecule has 0 aromatic heterocycles. The van der Waals surface area contributed by atoms with Gasteiger partial charge >= 0.3 is 23.9 Å². The topological polar surface area (TPSA) is 147 Å². The molecule has 34 heavy (non-hydrogen) atoms. The van der Waals surface area contributed by atoms with Crippen LogP contribution in [0.25, 0.3) is 0 Å². The Morgan fingerprint density at radius 2 is 1.06 bits per heavy atom. The number of carbonyl (C=O) groups excluding carboxylic acids is 5. The second kappa shape index (κ2) is 24.9. The quantitative estimate of drug-likeness (QED) is 0.0974. The van der Waals surface area contributed by atoms with E-state index in [0.29, 0.717) is 0 Å². The van der Waals surface area contributed by atoms with Crippen LogP contribution in [0, 0.1) is 7.43 Å². The van der Waals surface area contributed by atoms with E-state index in [1.807, 2.05) is 0 Å². The van der Waals surface area contributed by atoms with Crippen LogP contribution in [0.1, 0.15) is 34.1 Å². The van der Waals surface area contributed by atoms with Crippen LogP contribution in [0.5, 0.6) is 0 Å². The molecule has 0 aromatic carbocycles. The summed E-state index contributed by atoms with van der Waals surface area (Å²) in [5, 5.41) is 0. The zero-order valence-electron chi connectivity index (χ0n) is 21.5. The average Bonchev–Trinajstić information content (AvgIpc) is 2.55. The molecule has 0 aliphatic carbocycles. The van der Waals surface area contributed by atoms with Gasteiger partial charge < -0.3 is 30.8 Å². The number of rotatable bonds is 6. The Hall–Kier alpha value is 0.249. The molecule has 0 aliphatic rings. The standard InChI is InChI=1S/C8H15O4P.C6H13O3P.C4H6O3.CH3.Pd.2W/c1-6(9)5-7(8(10)12-2)13(3,4)11;1-5(6(7)9-2)10(3,4)8;1-3(5)7-4(2)6;;;;/h7H,5H2,1-4H3;5H,1-4H3;1-2H3;1H3;;;/q;;;-1;;;. The van der Waals surface area contributed by atoms with E-state index in [9.17, 15) is 33.1 Å². The molecule has 2 unspecified atom stereocenters. The number of ketones is 1. The van der Waals surface area contributed by atoms with E-state index in [0.717, 1.165) is 0 Å². The third kappa shape index (κ3) is 30.3. The van der Waals surface area contributed by atoms with E-state index < -0.39 is 49.5 Å². The average molecular weight is 962 g/mol. The second-order valence-corrected chi connectivity index (χ2v) is 14.2. The molecule has 0 fully saturated rings. The molecule has 0 saturated heterocycles. The van der Waals surface area contributed by atoms with Crippen molar-refractivity contribution in [2.45, 2.75) is 45.4 Å². The monoisotopic (exact) mass is 961 g/mol. The summed E-state index contributed by atoms with van der Waals surface area (Å²) >= 11 is 0. The zero-order valence-corrected chi connectivity index (χ0v) is 30.7. The van der Waals surface area contributed by atoms with Gasteiger partial charge in [0.2, 0.25) is 0 Å². The maximum atomic E-state index is 11.6. The van der Waals surface area contributed by atoms with Gasteiger partial charge in [0, 0.05) is 82.8 Å². The molecule has 0 spiro atoms. The molecule has 15 heteroatoms. The van der Waals surface area contributed by atoms with Gasteiger partial charge in [-0.2, -0.15) is 0 Å². The van der Waals surface area contributed by atoms with E-state index >= 15 is 0 Å². The molecular weight excluding hydrogens is 924 g/mol. The smallest absolute Gasteiger partial charge is 0.316 e. The Morgan fingerprint density at radius 1 is 0.735 bits per heavy atom. The molecule has 0 N–H and O–H groups in total. The maximum Gasteiger partial charge on any atom is 0.316 e. The van der Waals surface area contributed by atoms with Gasteiger partial charge in [0.25, 0.3) is 0 Å². The summed E-state index contributed by atoms with van der Waals surface area (Å²) in [5.41, 5.74) is -1.26. The summed E-state index contributed by atoms with van der Waals surface area (Å²) in [7, 11) is -2.37. The Morgan fingerprint density at radius 3 is 1.18 bits per heavy atom. The van der Waals surface area contributed by atoms with Crippen LogP contribution < -0.4 is 0 Å². The minimum absolute atomic E-state index is 0. The number of hydrogen-bond donors (Lipinski definition) is 0. The van der Waals surface area contributed by atoms with Crippen molar-refractivity contribution in [1.29, 1.82) is 0 Å². The number of ether oxygens (including phenoxy) is 3. The van der Waals surface area contributed by atoms with Crippen molar-refractivity contribution in [1.82, 2.24) is 0 Å². The van der Waals surface area contributed by atoms with Crippen molar-refractivity contribution in [3.63, 3.8) is 0 Å². The summed E-state index contributed by atoms with van der Waals surface area (Å²) < 4.78 is 35.7. The number of Topliss-reactive ketones (excluding diaryl/α,β-unsaturated/α-hetero) is 1. The summed E-state index contributed by atoms with van der Waals surface area (Å²) in [6.45, 7) is 11.5. The van der Waals surface area contributed by atoms with E-state index in [1.54, 1.807) is 20.3 Å². The van der Waals surface area contributed by atoms with Crippen molar-refractivity contribution >= 4 is 43.9 Å². The van der Waals surface area contributed by atoms with Gasteiger partial charge in [-0.05, 0) is 40.5 Å². The van der Waals surface area contributed by atoms with Crippen molar-refractivity contribution in [3.8, 4) is 0 Å². The van der Waals surface area contributed by atoms with Gasteiger partial charge in [-0.25, -0.2) is 0 Å². The van der Waals surface area contributed by atoms with Gasteiger partial charge in [-0.1, -0.05) is 0 Å². The summed E-state index contributed by atoms with van der Waals surface area (Å²) in [6.07, 6.45) is -0.00302. The second-order valence-electron chi connectivity index (χ2n) is 7.10. The Bertz CT molecular complexity index is 708. The fraction of sp³-hybridized carbons (Fsp3) is 0.684. The van der Waals surface area contributed by atoms with Gasteiger partial charge in [0.15, 0.2) is 0 Å². The maximum absolute atomic E-state index is 11.6. The van der Waals surface area contributed by atoms with Gasteiger partial charge in [-0.3, -0.25) is 24.0 Å². The Balaban J connectivity index is -0.0000000631. The first kappa shape index (κ1) is 51.0. The molecule has 0 amide bonds. The number of hydrogen-bond acceptors (Lipinski definition) is 10. The van der Waals surface area contributed by atoms with Crippen LogP contribution in [-0.2, 0) is 110 Å². The predicted molar refractivity (Wildman–Crippen MR) is 120 cm³/mol. The van der Waals surface area contributed by atoms with E-state index in [4.69, 9.17) is 0 Å². The molecule has 2 atom stereocenters. The first-order chi connectivity index (χ1) is 13.3. The van der Waals surface area contributed by atoms with Gasteiger partial charge in [0.1, 0.15) is 17.1 Å². The first-order valence-corrected chi connectivity index (χ1v) is 14.1. The molecule has 10 nitrogen and oxygen atoms in total. The van der Waals surface area contributed by atoms with Crippen molar-refractivity contribution in [2.24, 2.45) is 0 Å². The third-order valence-corrected chi connectivity index (χ3v) is 7.44. The van der Waals surface area contributed by atoms with Crippen LogP contribution in [0.4, 0.5) is 0 Å². The van der Waals surface area contributed by atoms with E-state index in [2.05, 4.69) is 14.2 Å². The normalized spacial score (nSPS) is 11.0. The molecule has 206 valence electrons. The molecule has 0 rings (SSSR count). The summed E-state index contributed by atoms with van der Waals surface area (Å²) in [4.78, 5) is 52.3. The van der Waals surface area contributed by atoms with Crippen LogP contribution >= 0.6 is 14.3 Å². The third-order valence-electron chi connectivity index (χ3n) is 3.47. The summed E-state index contributed by atoms with van der Waals surface area (Å²) in [6, 6.07) is 0. The predicted octanol–water partition coefficient (Wildman–Crippen LogP) is 2.84. The zero-order chi connectivity index (χ0) is 24.9. The Labute approximate surface area is 246 Å². The van der Waals surface area contributed by atoms with Crippen molar-refractivity contribution in [2.75, 3.05) is 40.9 Å². The van der Waals surface area contributed by atoms with Crippen LogP contribution in [0.3, 0.4) is 0 Å². The van der Waals surface area contributed by atoms with E-state index in [-0.39, 0.29) is 82.2 Å². The van der Waals surface area contributed by atoms with Crippen LogP contribution in [0.2, 0.25) is 0 Å². The van der Waals surface area contributed by atoms with Gasteiger partial charge in [-0.15, -0.1) is 0 Å². The fourth-order valence-electron chi connectivity index (χ4n) is 1.59.